The van der Waals surface area contributed by atoms with Crippen molar-refractivity contribution >= 4 is 11.7 Å². The van der Waals surface area contributed by atoms with E-state index in [0.717, 1.165) is 12.8 Å². The van der Waals surface area contributed by atoms with Crippen molar-refractivity contribution in [2.45, 2.75) is 70.6 Å². The monoisotopic (exact) mass is 238 g/mol. The Bertz CT molecular complexity index is 234. The first-order valence-corrected chi connectivity index (χ1v) is 6.94. The molecule has 1 aliphatic carbocycles. The van der Waals surface area contributed by atoms with Crippen molar-refractivity contribution in [2.24, 2.45) is 10.8 Å². The predicted octanol–water partition coefficient (Wildman–Crippen LogP) is 3.13. The molecule has 98 valence electrons. The van der Waals surface area contributed by atoms with Crippen molar-refractivity contribution in [3.05, 3.63) is 0 Å². The van der Waals surface area contributed by atoms with Gasteiger partial charge in [0.05, 0.1) is 0 Å². The van der Waals surface area contributed by atoms with Crippen LogP contribution in [0.2, 0.25) is 0 Å². The van der Waals surface area contributed by atoms with E-state index < -0.39 is 0 Å². The number of guanidine groups is 1. The number of nitrogens with one attached hydrogen (secondary N) is 2. The van der Waals surface area contributed by atoms with Crippen molar-refractivity contribution in [3.63, 3.8) is 0 Å². The van der Waals surface area contributed by atoms with Gasteiger partial charge in [-0.1, -0.05) is 44.9 Å². The highest BCUT2D eigenvalue weighted by Crippen LogP contribution is 2.15. The molecule has 1 aliphatic rings. The van der Waals surface area contributed by atoms with E-state index in [9.17, 15) is 0 Å². The van der Waals surface area contributed by atoms with Gasteiger partial charge in [0.2, 0.25) is 5.96 Å². The Kier molecular flexibility index (Phi) is 7.43. The standard InChI is InChI=1S/C13H26N4/c14-13(15)17-16-12-10-8-6-4-2-1-3-5-7-9-11-12/h1-11H2,(H4,14,15,17). The van der Waals surface area contributed by atoms with Crippen LogP contribution in [0.15, 0.2) is 5.10 Å². The van der Waals surface area contributed by atoms with E-state index in [1.54, 1.807) is 0 Å². The molecular weight excluding hydrogens is 212 g/mol. The second-order valence-electron chi connectivity index (χ2n) is 4.89. The van der Waals surface area contributed by atoms with Gasteiger partial charge >= 0.3 is 0 Å². The molecule has 4 nitrogen and oxygen atoms in total. The van der Waals surface area contributed by atoms with Crippen molar-refractivity contribution in [1.29, 1.82) is 5.41 Å². The molecule has 4 heteroatoms. The molecule has 4 N–H and O–H groups in total. The molecule has 0 unspecified atom stereocenters. The molecule has 0 atom stereocenters. The highest BCUT2D eigenvalue weighted by atomic mass is 15.3. The third kappa shape index (κ3) is 7.77. The summed E-state index contributed by atoms with van der Waals surface area (Å²) in [6, 6.07) is 0. The van der Waals surface area contributed by atoms with Gasteiger partial charge in [-0.05, 0) is 25.7 Å². The van der Waals surface area contributed by atoms with Crippen LogP contribution in [0.25, 0.3) is 0 Å². The average Bonchev–Trinajstić information content (AvgIpc) is 2.28. The van der Waals surface area contributed by atoms with Crippen LogP contribution in [0.5, 0.6) is 0 Å². The average molecular weight is 238 g/mol. The summed E-state index contributed by atoms with van der Waals surface area (Å²) in [4.78, 5) is 0. The first-order valence-electron chi connectivity index (χ1n) is 6.94. The van der Waals surface area contributed by atoms with Crippen LogP contribution in [-0.2, 0) is 0 Å². The lowest BCUT2D eigenvalue weighted by Crippen LogP contribution is -2.26. The zero-order valence-corrected chi connectivity index (χ0v) is 10.8. The molecule has 17 heavy (non-hydrogen) atoms. The van der Waals surface area contributed by atoms with Crippen LogP contribution in [0.3, 0.4) is 0 Å². The normalized spacial score (nSPS) is 19.9. The number of nitrogens with two attached hydrogens (primary N) is 1. The molecule has 0 saturated heterocycles. The highest BCUT2D eigenvalue weighted by molar-refractivity contribution is 5.86. The van der Waals surface area contributed by atoms with Crippen LogP contribution in [0.1, 0.15) is 70.6 Å². The van der Waals surface area contributed by atoms with E-state index in [1.165, 1.54) is 63.5 Å². The summed E-state index contributed by atoms with van der Waals surface area (Å²) in [6.45, 7) is 0. The molecule has 0 heterocycles. The molecule has 0 spiro atoms. The molecule has 1 rings (SSSR count). The molecule has 0 amide bonds. The van der Waals surface area contributed by atoms with Gasteiger partial charge in [-0.2, -0.15) is 5.10 Å². The smallest absolute Gasteiger partial charge is 0.206 e. The Morgan fingerprint density at radius 1 is 0.882 bits per heavy atom. The first kappa shape index (κ1) is 14.0. The van der Waals surface area contributed by atoms with Crippen molar-refractivity contribution in [2.75, 3.05) is 0 Å². The fraction of sp³-hybridized carbons (Fsp3) is 0.846. The van der Waals surface area contributed by atoms with Gasteiger partial charge in [0.15, 0.2) is 0 Å². The van der Waals surface area contributed by atoms with Gasteiger partial charge in [0.1, 0.15) is 0 Å². The predicted molar refractivity (Wildman–Crippen MR) is 73.3 cm³/mol. The Balaban J connectivity index is 2.36. The highest BCUT2D eigenvalue weighted by Gasteiger charge is 2.03. The van der Waals surface area contributed by atoms with Gasteiger partial charge in [-0.3, -0.25) is 5.41 Å². The van der Waals surface area contributed by atoms with E-state index in [2.05, 4.69) is 10.5 Å². The maximum absolute atomic E-state index is 7.11. The summed E-state index contributed by atoms with van der Waals surface area (Å²) in [5, 5.41) is 11.3. The van der Waals surface area contributed by atoms with Crippen molar-refractivity contribution < 1.29 is 0 Å². The Morgan fingerprint density at radius 3 is 1.71 bits per heavy atom. The lowest BCUT2D eigenvalue weighted by Gasteiger charge is -2.09. The third-order valence-corrected chi connectivity index (χ3v) is 3.27. The van der Waals surface area contributed by atoms with Gasteiger partial charge < -0.3 is 5.73 Å². The third-order valence-electron chi connectivity index (χ3n) is 3.27. The summed E-state index contributed by atoms with van der Waals surface area (Å²) in [6.07, 6.45) is 14.1. The topological polar surface area (TPSA) is 74.3 Å². The fourth-order valence-electron chi connectivity index (χ4n) is 2.27. The number of rotatable bonds is 1. The quantitative estimate of drug-likeness (QED) is 0.373. The van der Waals surface area contributed by atoms with Gasteiger partial charge in [0.25, 0.3) is 0 Å². The fourth-order valence-corrected chi connectivity index (χ4v) is 2.27. The molecule has 0 aromatic carbocycles. The van der Waals surface area contributed by atoms with E-state index in [0.29, 0.717) is 0 Å². The Labute approximate surface area is 105 Å². The maximum Gasteiger partial charge on any atom is 0.206 e. The molecule has 1 saturated carbocycles. The van der Waals surface area contributed by atoms with E-state index in [4.69, 9.17) is 11.1 Å². The molecular formula is C13H26N4. The van der Waals surface area contributed by atoms with Crippen LogP contribution >= 0.6 is 0 Å². The van der Waals surface area contributed by atoms with E-state index in [1.807, 2.05) is 0 Å². The van der Waals surface area contributed by atoms with Crippen LogP contribution in [0, 0.1) is 5.41 Å². The molecule has 0 aliphatic heterocycles. The molecule has 0 aromatic rings. The van der Waals surface area contributed by atoms with E-state index in [-0.39, 0.29) is 5.96 Å². The lowest BCUT2D eigenvalue weighted by molar-refractivity contribution is 0.555. The van der Waals surface area contributed by atoms with Gasteiger partial charge in [-0.15, -0.1) is 0 Å². The number of hydrogen-bond donors (Lipinski definition) is 3. The minimum atomic E-state index is -0.0661. The summed E-state index contributed by atoms with van der Waals surface area (Å²) in [5.41, 5.74) is 9.00. The largest absolute Gasteiger partial charge is 0.369 e. The van der Waals surface area contributed by atoms with E-state index >= 15 is 0 Å². The van der Waals surface area contributed by atoms with Gasteiger partial charge in [0, 0.05) is 5.71 Å². The van der Waals surface area contributed by atoms with Crippen LogP contribution in [-0.4, -0.2) is 11.7 Å². The Morgan fingerprint density at radius 2 is 1.29 bits per heavy atom. The Hall–Kier alpha value is -1.06. The maximum atomic E-state index is 7.11. The first-order chi connectivity index (χ1) is 8.29. The SMILES string of the molecule is N=C(N)NN=C1CCCCCCCCCCC1. The summed E-state index contributed by atoms with van der Waals surface area (Å²) < 4.78 is 0. The lowest BCUT2D eigenvalue weighted by atomic mass is 10.00. The molecule has 0 bridgehead atoms. The summed E-state index contributed by atoms with van der Waals surface area (Å²) >= 11 is 0. The van der Waals surface area contributed by atoms with Crippen LogP contribution < -0.4 is 11.2 Å². The van der Waals surface area contributed by atoms with Gasteiger partial charge in [-0.25, -0.2) is 5.43 Å². The van der Waals surface area contributed by atoms with Crippen LogP contribution in [0.4, 0.5) is 0 Å². The second kappa shape index (κ2) is 9.02. The number of hydrogen-bond acceptors (Lipinski definition) is 2. The minimum Gasteiger partial charge on any atom is -0.369 e. The zero-order valence-electron chi connectivity index (χ0n) is 10.8. The molecule has 0 aromatic heterocycles. The summed E-state index contributed by atoms with van der Waals surface area (Å²) in [7, 11) is 0. The van der Waals surface area contributed by atoms with Crippen molar-refractivity contribution in [3.8, 4) is 0 Å². The zero-order chi connectivity index (χ0) is 12.3. The molecule has 1 fully saturated rings. The molecule has 0 radical (unpaired) electrons. The second-order valence-corrected chi connectivity index (χ2v) is 4.89. The minimum absolute atomic E-state index is 0.0661. The number of nitrogens with zero attached hydrogens (tertiary/aromatic N) is 1. The number of hydrazone groups is 1. The van der Waals surface area contributed by atoms with Crippen molar-refractivity contribution in [1.82, 2.24) is 5.43 Å². The summed E-state index contributed by atoms with van der Waals surface area (Å²) in [5.74, 6) is -0.0661.